The van der Waals surface area contributed by atoms with Crippen molar-refractivity contribution in [1.82, 2.24) is 0 Å². The van der Waals surface area contributed by atoms with Gasteiger partial charge in [-0.2, -0.15) is 0 Å². The summed E-state index contributed by atoms with van der Waals surface area (Å²) in [6, 6.07) is 12.9. The van der Waals surface area contributed by atoms with E-state index in [9.17, 15) is 9.18 Å². The Labute approximate surface area is 189 Å². The number of hydrogen-bond acceptors (Lipinski definition) is 5. The molecule has 0 N–H and O–H groups in total. The van der Waals surface area contributed by atoms with Crippen molar-refractivity contribution in [3.63, 3.8) is 0 Å². The van der Waals surface area contributed by atoms with Crippen molar-refractivity contribution in [3.8, 4) is 23.0 Å². The molecule has 1 aliphatic heterocycles. The Balaban J connectivity index is 1.60. The quantitative estimate of drug-likeness (QED) is 0.427. The molecule has 0 bridgehead atoms. The number of ether oxygens (including phenoxy) is 4. The minimum absolute atomic E-state index is 0.148. The fourth-order valence-electron chi connectivity index (χ4n) is 3.53. The van der Waals surface area contributed by atoms with E-state index < -0.39 is 5.82 Å². The van der Waals surface area contributed by atoms with E-state index in [1.807, 2.05) is 13.0 Å². The lowest BCUT2D eigenvalue weighted by Gasteiger charge is -2.10. The molecule has 3 aromatic carbocycles. The standard InChI is InChI=1S/C25H20ClFO5/c1-14-9-18(31-13-16-7-8-17(27)11-19(16)26)12-21-23(14)24(28)22(32-21)10-15-5-4-6-20(29-2)25(15)30-3/h4-12H,13H2,1-3H3/b22-10-. The molecule has 0 aliphatic carbocycles. The third-order valence-corrected chi connectivity index (χ3v) is 5.42. The van der Waals surface area contributed by atoms with E-state index in [1.54, 1.807) is 43.5 Å². The second-order valence-corrected chi connectivity index (χ2v) is 7.57. The molecule has 0 atom stereocenters. The SMILES string of the molecule is COc1cccc(/C=C2\Oc3cc(OCc4ccc(F)cc4Cl)cc(C)c3C2=O)c1OC. The molecule has 7 heteroatoms. The predicted octanol–water partition coefficient (Wildman–Crippen LogP) is 6.00. The number of para-hydroxylation sites is 1. The first-order chi connectivity index (χ1) is 15.4. The first-order valence-corrected chi connectivity index (χ1v) is 10.2. The Morgan fingerprint density at radius 3 is 2.62 bits per heavy atom. The van der Waals surface area contributed by atoms with E-state index in [0.717, 1.165) is 0 Å². The number of rotatable bonds is 6. The average molecular weight is 455 g/mol. The minimum atomic E-state index is -0.411. The third-order valence-electron chi connectivity index (χ3n) is 5.07. The van der Waals surface area contributed by atoms with Crippen molar-refractivity contribution in [2.45, 2.75) is 13.5 Å². The van der Waals surface area contributed by atoms with Gasteiger partial charge in [-0.1, -0.05) is 29.8 Å². The van der Waals surface area contributed by atoms with Crippen LogP contribution >= 0.6 is 11.6 Å². The van der Waals surface area contributed by atoms with Crippen molar-refractivity contribution < 1.29 is 28.1 Å². The maximum absolute atomic E-state index is 13.2. The normalized spacial score (nSPS) is 13.7. The van der Waals surface area contributed by atoms with Crippen LogP contribution in [0.15, 0.2) is 54.3 Å². The number of aryl methyl sites for hydroxylation is 1. The van der Waals surface area contributed by atoms with Crippen LogP contribution in [0.2, 0.25) is 5.02 Å². The molecular weight excluding hydrogens is 435 g/mol. The number of carbonyl (C=O) groups is 1. The number of allylic oxidation sites excluding steroid dienone is 1. The van der Waals surface area contributed by atoms with Gasteiger partial charge in [0.25, 0.3) is 0 Å². The summed E-state index contributed by atoms with van der Waals surface area (Å²) in [5, 5.41) is 0.284. The van der Waals surface area contributed by atoms with Crippen molar-refractivity contribution in [2.24, 2.45) is 0 Å². The molecule has 164 valence electrons. The van der Waals surface area contributed by atoms with Crippen LogP contribution < -0.4 is 18.9 Å². The van der Waals surface area contributed by atoms with Gasteiger partial charge in [-0.15, -0.1) is 0 Å². The predicted molar refractivity (Wildman–Crippen MR) is 119 cm³/mol. The largest absolute Gasteiger partial charge is 0.493 e. The zero-order valence-electron chi connectivity index (χ0n) is 17.7. The van der Waals surface area contributed by atoms with E-state index in [0.29, 0.717) is 45.3 Å². The zero-order chi connectivity index (χ0) is 22.8. The molecule has 5 nitrogen and oxygen atoms in total. The molecule has 32 heavy (non-hydrogen) atoms. The molecule has 0 aromatic heterocycles. The number of Topliss-reactive ketones (excluding diaryl/α,β-unsaturated/α-hetero) is 1. The van der Waals surface area contributed by atoms with Gasteiger partial charge < -0.3 is 18.9 Å². The fraction of sp³-hybridized carbons (Fsp3) is 0.160. The third kappa shape index (κ3) is 4.14. The molecule has 0 amide bonds. The lowest BCUT2D eigenvalue weighted by molar-refractivity contribution is 0.101. The van der Waals surface area contributed by atoms with Crippen LogP contribution in [0.1, 0.15) is 27.0 Å². The summed E-state index contributed by atoms with van der Waals surface area (Å²) in [5.74, 6) is 1.51. The summed E-state index contributed by atoms with van der Waals surface area (Å²) >= 11 is 6.07. The Kier molecular flexibility index (Phi) is 6.06. The highest BCUT2D eigenvalue weighted by Gasteiger charge is 2.30. The minimum Gasteiger partial charge on any atom is -0.493 e. The Hall–Kier alpha value is -3.51. The fourth-order valence-corrected chi connectivity index (χ4v) is 3.75. The average Bonchev–Trinajstić information content (AvgIpc) is 3.08. The van der Waals surface area contributed by atoms with E-state index in [1.165, 1.54) is 19.2 Å². The van der Waals surface area contributed by atoms with Gasteiger partial charge >= 0.3 is 0 Å². The van der Waals surface area contributed by atoms with Gasteiger partial charge in [0.05, 0.1) is 24.8 Å². The summed E-state index contributed by atoms with van der Waals surface area (Å²) in [6.07, 6.45) is 1.63. The van der Waals surface area contributed by atoms with Gasteiger partial charge in [0.15, 0.2) is 17.3 Å². The first kappa shape index (κ1) is 21.7. The molecular formula is C25H20ClFO5. The molecule has 3 aromatic rings. The summed E-state index contributed by atoms with van der Waals surface area (Å²) in [5.41, 5.74) is 2.50. The van der Waals surface area contributed by atoms with Gasteiger partial charge in [-0.05, 0) is 42.8 Å². The van der Waals surface area contributed by atoms with Crippen LogP contribution in [0.3, 0.4) is 0 Å². The number of carbonyl (C=O) groups excluding carboxylic acids is 1. The number of methoxy groups -OCH3 is 2. The first-order valence-electron chi connectivity index (χ1n) is 9.78. The molecule has 0 fully saturated rings. The van der Waals surface area contributed by atoms with Crippen molar-refractivity contribution in [2.75, 3.05) is 14.2 Å². The van der Waals surface area contributed by atoms with E-state index in [2.05, 4.69) is 0 Å². The zero-order valence-corrected chi connectivity index (χ0v) is 18.5. The maximum Gasteiger partial charge on any atom is 0.232 e. The Bertz CT molecular complexity index is 1240. The van der Waals surface area contributed by atoms with Crippen molar-refractivity contribution >= 4 is 23.5 Å². The Morgan fingerprint density at radius 1 is 1.09 bits per heavy atom. The second-order valence-electron chi connectivity index (χ2n) is 7.16. The van der Waals surface area contributed by atoms with E-state index in [-0.39, 0.29) is 23.2 Å². The van der Waals surface area contributed by atoms with Crippen LogP contribution in [-0.2, 0) is 6.61 Å². The summed E-state index contributed by atoms with van der Waals surface area (Å²) < 4.78 is 35.7. The van der Waals surface area contributed by atoms with Crippen molar-refractivity contribution in [1.29, 1.82) is 0 Å². The molecule has 0 radical (unpaired) electrons. The summed E-state index contributed by atoms with van der Waals surface area (Å²) in [6.45, 7) is 1.96. The van der Waals surface area contributed by atoms with Crippen LogP contribution in [0, 0.1) is 12.7 Å². The van der Waals surface area contributed by atoms with Gasteiger partial charge in [0, 0.05) is 17.2 Å². The summed E-state index contributed by atoms with van der Waals surface area (Å²) in [7, 11) is 3.08. The molecule has 0 spiro atoms. The molecule has 1 aliphatic rings. The smallest absolute Gasteiger partial charge is 0.232 e. The van der Waals surface area contributed by atoms with Gasteiger partial charge in [0.1, 0.15) is 23.9 Å². The molecule has 1 heterocycles. The second kappa shape index (κ2) is 8.93. The van der Waals surface area contributed by atoms with E-state index in [4.69, 9.17) is 30.5 Å². The highest BCUT2D eigenvalue weighted by Crippen LogP contribution is 2.39. The lowest BCUT2D eigenvalue weighted by Crippen LogP contribution is -2.01. The number of hydrogen-bond donors (Lipinski definition) is 0. The number of fused-ring (bicyclic) bond motifs is 1. The molecule has 0 unspecified atom stereocenters. The number of ketones is 1. The molecule has 4 rings (SSSR count). The van der Waals surface area contributed by atoms with Gasteiger partial charge in [-0.25, -0.2) is 4.39 Å². The lowest BCUT2D eigenvalue weighted by atomic mass is 10.0. The van der Waals surface area contributed by atoms with Gasteiger partial charge in [-0.3, -0.25) is 4.79 Å². The monoisotopic (exact) mass is 454 g/mol. The topological polar surface area (TPSA) is 54.0 Å². The number of benzene rings is 3. The highest BCUT2D eigenvalue weighted by molar-refractivity contribution is 6.31. The Morgan fingerprint density at radius 2 is 1.91 bits per heavy atom. The van der Waals surface area contributed by atoms with Gasteiger partial charge in [0.2, 0.25) is 5.78 Å². The number of halogens is 2. The van der Waals surface area contributed by atoms with Crippen LogP contribution in [-0.4, -0.2) is 20.0 Å². The van der Waals surface area contributed by atoms with Crippen LogP contribution in [0.25, 0.3) is 6.08 Å². The maximum atomic E-state index is 13.2. The van der Waals surface area contributed by atoms with Crippen LogP contribution in [0.5, 0.6) is 23.0 Å². The highest BCUT2D eigenvalue weighted by atomic mass is 35.5. The molecule has 0 saturated heterocycles. The van der Waals surface area contributed by atoms with E-state index >= 15 is 0 Å². The van der Waals surface area contributed by atoms with Crippen LogP contribution in [0.4, 0.5) is 4.39 Å². The molecule has 0 saturated carbocycles. The van der Waals surface area contributed by atoms with Crippen molar-refractivity contribution in [3.05, 3.63) is 87.4 Å². The summed E-state index contributed by atoms with van der Waals surface area (Å²) in [4.78, 5) is 13.0.